The van der Waals surface area contributed by atoms with Crippen LogP contribution in [0.1, 0.15) is 44.9 Å². The summed E-state index contributed by atoms with van der Waals surface area (Å²) in [6.07, 6.45) is 8.69. The highest BCUT2D eigenvalue weighted by atomic mass is 16.5. The lowest BCUT2D eigenvalue weighted by molar-refractivity contribution is 0.192. The number of ether oxygens (including phenoxy) is 1. The van der Waals surface area contributed by atoms with E-state index in [0.717, 1.165) is 26.1 Å². The van der Waals surface area contributed by atoms with Gasteiger partial charge in [-0.15, -0.1) is 0 Å². The summed E-state index contributed by atoms with van der Waals surface area (Å²) in [6.45, 7) is 2.98. The van der Waals surface area contributed by atoms with Gasteiger partial charge in [0.15, 0.2) is 0 Å². The van der Waals surface area contributed by atoms with Gasteiger partial charge in [-0.25, -0.2) is 0 Å². The van der Waals surface area contributed by atoms with Gasteiger partial charge in [-0.3, -0.25) is 4.99 Å². The highest BCUT2D eigenvalue weighted by Gasteiger charge is 2.02. The average Bonchev–Trinajstić information content (AvgIpc) is 2.52. The summed E-state index contributed by atoms with van der Waals surface area (Å²) < 4.78 is 5.01. The first-order chi connectivity index (χ1) is 7.43. The molecule has 0 aromatic carbocycles. The highest BCUT2D eigenvalue weighted by Crippen LogP contribution is 2.06. The van der Waals surface area contributed by atoms with Crippen LogP contribution in [0.4, 0.5) is 0 Å². The van der Waals surface area contributed by atoms with Gasteiger partial charge in [0.2, 0.25) is 0 Å². The molecule has 1 N–H and O–H groups in total. The Labute approximate surface area is 93.3 Å². The van der Waals surface area contributed by atoms with Crippen molar-refractivity contribution in [2.24, 2.45) is 4.99 Å². The third-order valence-corrected chi connectivity index (χ3v) is 2.73. The Morgan fingerprint density at radius 3 is 3.00 bits per heavy atom. The highest BCUT2D eigenvalue weighted by molar-refractivity contribution is 5.82. The Bertz CT molecular complexity index is 180. The van der Waals surface area contributed by atoms with Gasteiger partial charge in [0.05, 0.1) is 5.84 Å². The van der Waals surface area contributed by atoms with E-state index in [1.165, 1.54) is 44.4 Å². The van der Waals surface area contributed by atoms with E-state index in [0.29, 0.717) is 0 Å². The van der Waals surface area contributed by atoms with Crippen molar-refractivity contribution >= 4 is 5.84 Å². The molecule has 0 saturated heterocycles. The number of nitrogens with zero attached hydrogens (tertiary/aromatic N) is 1. The molecular formula is C12H24N2O. The van der Waals surface area contributed by atoms with Gasteiger partial charge in [0.1, 0.15) is 0 Å². The zero-order valence-electron chi connectivity index (χ0n) is 9.93. The molecule has 0 bridgehead atoms. The molecule has 0 atom stereocenters. The molecule has 1 heterocycles. The molecule has 3 nitrogen and oxygen atoms in total. The SMILES string of the molecule is COCCCCCNC1=NCCCCC1. The Morgan fingerprint density at radius 1 is 1.20 bits per heavy atom. The molecule has 0 aliphatic carbocycles. The lowest BCUT2D eigenvalue weighted by Gasteiger charge is -2.07. The Morgan fingerprint density at radius 2 is 2.13 bits per heavy atom. The lowest BCUT2D eigenvalue weighted by Crippen LogP contribution is -2.24. The van der Waals surface area contributed by atoms with Crippen molar-refractivity contribution in [2.75, 3.05) is 26.8 Å². The van der Waals surface area contributed by atoms with Gasteiger partial charge in [-0.1, -0.05) is 6.42 Å². The summed E-state index contributed by atoms with van der Waals surface area (Å²) >= 11 is 0. The van der Waals surface area contributed by atoms with Crippen LogP contribution in [0, 0.1) is 0 Å². The fraction of sp³-hybridized carbons (Fsp3) is 0.917. The monoisotopic (exact) mass is 212 g/mol. The van der Waals surface area contributed by atoms with Crippen molar-refractivity contribution < 1.29 is 4.74 Å². The summed E-state index contributed by atoms with van der Waals surface area (Å²) in [5, 5.41) is 3.45. The van der Waals surface area contributed by atoms with E-state index in [1.54, 1.807) is 7.11 Å². The van der Waals surface area contributed by atoms with Gasteiger partial charge in [-0.2, -0.15) is 0 Å². The largest absolute Gasteiger partial charge is 0.385 e. The van der Waals surface area contributed by atoms with Crippen LogP contribution in [0.5, 0.6) is 0 Å². The van der Waals surface area contributed by atoms with Crippen molar-refractivity contribution in [1.82, 2.24) is 5.32 Å². The molecule has 1 rings (SSSR count). The van der Waals surface area contributed by atoms with Crippen LogP contribution in [0.15, 0.2) is 4.99 Å². The van der Waals surface area contributed by atoms with E-state index in [2.05, 4.69) is 10.3 Å². The first kappa shape index (κ1) is 12.5. The molecule has 3 heteroatoms. The van der Waals surface area contributed by atoms with Crippen LogP contribution in [-0.2, 0) is 4.74 Å². The molecule has 0 fully saturated rings. The smallest absolute Gasteiger partial charge is 0.0963 e. The molecule has 0 aromatic rings. The zero-order valence-corrected chi connectivity index (χ0v) is 9.93. The predicted octanol–water partition coefficient (Wildman–Crippen LogP) is 2.37. The Hall–Kier alpha value is -0.570. The Kier molecular flexibility index (Phi) is 7.26. The van der Waals surface area contributed by atoms with Gasteiger partial charge in [-0.05, 0) is 32.1 Å². The zero-order chi connectivity index (χ0) is 10.8. The van der Waals surface area contributed by atoms with E-state index in [-0.39, 0.29) is 0 Å². The van der Waals surface area contributed by atoms with Crippen LogP contribution < -0.4 is 5.32 Å². The van der Waals surface area contributed by atoms with Crippen molar-refractivity contribution in [3.05, 3.63) is 0 Å². The lowest BCUT2D eigenvalue weighted by atomic mass is 10.2. The third kappa shape index (κ3) is 6.50. The number of amidine groups is 1. The third-order valence-electron chi connectivity index (χ3n) is 2.73. The molecule has 1 aliphatic heterocycles. The van der Waals surface area contributed by atoms with Crippen molar-refractivity contribution in [1.29, 1.82) is 0 Å². The van der Waals surface area contributed by atoms with Crippen LogP contribution in [0.2, 0.25) is 0 Å². The summed E-state index contributed by atoms with van der Waals surface area (Å²) in [4.78, 5) is 4.54. The van der Waals surface area contributed by atoms with Crippen molar-refractivity contribution in [3.63, 3.8) is 0 Å². The first-order valence-electron chi connectivity index (χ1n) is 6.19. The molecule has 0 aromatic heterocycles. The van der Waals surface area contributed by atoms with E-state index in [9.17, 15) is 0 Å². The number of methoxy groups -OCH3 is 1. The molecule has 0 radical (unpaired) electrons. The predicted molar refractivity (Wildman–Crippen MR) is 64.5 cm³/mol. The second-order valence-corrected chi connectivity index (χ2v) is 4.12. The van der Waals surface area contributed by atoms with Crippen LogP contribution in [0.25, 0.3) is 0 Å². The van der Waals surface area contributed by atoms with Gasteiger partial charge >= 0.3 is 0 Å². The maximum absolute atomic E-state index is 5.01. The summed E-state index contributed by atoms with van der Waals surface area (Å²) in [7, 11) is 1.76. The van der Waals surface area contributed by atoms with Crippen LogP contribution in [-0.4, -0.2) is 32.6 Å². The molecule has 0 unspecified atom stereocenters. The van der Waals surface area contributed by atoms with E-state index < -0.39 is 0 Å². The number of rotatable bonds is 6. The normalized spacial score (nSPS) is 17.0. The molecule has 88 valence electrons. The number of nitrogens with one attached hydrogen (secondary N) is 1. The molecule has 0 saturated carbocycles. The minimum Gasteiger partial charge on any atom is -0.385 e. The first-order valence-corrected chi connectivity index (χ1v) is 6.19. The maximum Gasteiger partial charge on any atom is 0.0963 e. The number of hydrogen-bond donors (Lipinski definition) is 1. The number of aliphatic imine (C=N–C) groups is 1. The minimum atomic E-state index is 0.890. The summed E-state index contributed by atoms with van der Waals surface area (Å²) in [6, 6.07) is 0. The van der Waals surface area contributed by atoms with Gasteiger partial charge in [0.25, 0.3) is 0 Å². The second-order valence-electron chi connectivity index (χ2n) is 4.12. The van der Waals surface area contributed by atoms with Gasteiger partial charge < -0.3 is 10.1 Å². The number of unbranched alkanes of at least 4 members (excludes halogenated alkanes) is 2. The Balaban J connectivity index is 1.96. The number of hydrogen-bond acceptors (Lipinski definition) is 3. The second kappa shape index (κ2) is 8.72. The standard InChI is InChI=1S/C12H24N2O/c1-15-11-7-3-6-10-14-12-8-4-2-5-9-13-12/h2-11H2,1H3,(H,13,14). The summed E-state index contributed by atoms with van der Waals surface area (Å²) in [5.74, 6) is 1.24. The summed E-state index contributed by atoms with van der Waals surface area (Å²) in [5.41, 5.74) is 0. The van der Waals surface area contributed by atoms with E-state index >= 15 is 0 Å². The average molecular weight is 212 g/mol. The molecular weight excluding hydrogens is 188 g/mol. The molecule has 0 amide bonds. The fourth-order valence-electron chi connectivity index (χ4n) is 1.80. The molecule has 0 spiro atoms. The van der Waals surface area contributed by atoms with Gasteiger partial charge in [0, 0.05) is 33.2 Å². The van der Waals surface area contributed by atoms with E-state index in [1.807, 2.05) is 0 Å². The van der Waals surface area contributed by atoms with E-state index in [4.69, 9.17) is 4.74 Å². The van der Waals surface area contributed by atoms with Crippen molar-refractivity contribution in [2.45, 2.75) is 44.9 Å². The van der Waals surface area contributed by atoms with Crippen LogP contribution >= 0.6 is 0 Å². The van der Waals surface area contributed by atoms with Crippen molar-refractivity contribution in [3.8, 4) is 0 Å². The maximum atomic E-state index is 5.01. The molecule has 15 heavy (non-hydrogen) atoms. The minimum absolute atomic E-state index is 0.890. The van der Waals surface area contributed by atoms with Crippen LogP contribution in [0.3, 0.4) is 0 Å². The topological polar surface area (TPSA) is 33.6 Å². The fourth-order valence-corrected chi connectivity index (χ4v) is 1.80. The molecule has 1 aliphatic rings. The quantitative estimate of drug-likeness (QED) is 0.686.